The van der Waals surface area contributed by atoms with Gasteiger partial charge in [0.05, 0.1) is 6.07 Å². The van der Waals surface area contributed by atoms with Gasteiger partial charge < -0.3 is 15.3 Å². The summed E-state index contributed by atoms with van der Waals surface area (Å²) in [6.45, 7) is 0.503. The van der Waals surface area contributed by atoms with Gasteiger partial charge in [0, 0.05) is 42.4 Å². The van der Waals surface area contributed by atoms with Crippen molar-refractivity contribution in [2.45, 2.75) is 19.3 Å². The monoisotopic (exact) mass is 378 g/mol. The first-order valence-electron chi connectivity index (χ1n) is 8.94. The maximum atomic E-state index is 12.9. The predicted molar refractivity (Wildman–Crippen MR) is 101 cm³/mol. The molecule has 1 saturated heterocycles. The Hall–Kier alpha value is -3.67. The lowest BCUT2D eigenvalue weighted by Crippen LogP contribution is -2.35. The molecule has 1 saturated carbocycles. The van der Waals surface area contributed by atoms with E-state index in [1.807, 2.05) is 0 Å². The fourth-order valence-corrected chi connectivity index (χ4v) is 3.62. The number of nitrogens with zero attached hydrogens (tertiary/aromatic N) is 4. The molecule has 1 aliphatic heterocycles. The van der Waals surface area contributed by atoms with Crippen molar-refractivity contribution >= 4 is 35.0 Å². The highest BCUT2D eigenvalue weighted by molar-refractivity contribution is 6.02. The topological polar surface area (TPSA) is 131 Å². The molecule has 3 N–H and O–H groups in total. The number of rotatable bonds is 5. The predicted octanol–water partition coefficient (Wildman–Crippen LogP) is 2.97. The van der Waals surface area contributed by atoms with Crippen LogP contribution >= 0.6 is 0 Å². The molecule has 2 aromatic heterocycles. The molecule has 28 heavy (non-hydrogen) atoms. The third-order valence-corrected chi connectivity index (χ3v) is 5.15. The number of amides is 2. The smallest absolute Gasteiger partial charge is 0.409 e. The van der Waals surface area contributed by atoms with Crippen LogP contribution in [0.15, 0.2) is 36.7 Å². The lowest BCUT2D eigenvalue weighted by Gasteiger charge is -2.21. The van der Waals surface area contributed by atoms with Gasteiger partial charge in [0.2, 0.25) is 5.91 Å². The number of pyridine rings is 2. The third-order valence-electron chi connectivity index (χ3n) is 5.15. The second-order valence-electron chi connectivity index (χ2n) is 6.95. The summed E-state index contributed by atoms with van der Waals surface area (Å²) in [5, 5.41) is 23.7. The zero-order valence-corrected chi connectivity index (χ0v) is 14.9. The van der Waals surface area contributed by atoms with Crippen LogP contribution in [0.25, 0.3) is 0 Å². The summed E-state index contributed by atoms with van der Waals surface area (Å²) < 4.78 is 0. The molecule has 1 aliphatic carbocycles. The van der Waals surface area contributed by atoms with Crippen molar-refractivity contribution in [2.24, 2.45) is 11.3 Å². The van der Waals surface area contributed by atoms with Gasteiger partial charge in [-0.1, -0.05) is 0 Å². The minimum Gasteiger partial charge on any atom is -0.465 e. The molecule has 0 radical (unpaired) electrons. The number of carboxylic acid groups (broad SMARTS) is 1. The van der Waals surface area contributed by atoms with Gasteiger partial charge in [-0.05, 0) is 37.3 Å². The van der Waals surface area contributed by atoms with Crippen LogP contribution in [-0.2, 0) is 4.79 Å². The zero-order chi connectivity index (χ0) is 19.7. The van der Waals surface area contributed by atoms with Crippen molar-refractivity contribution in [3.05, 3.63) is 36.7 Å². The number of carbonyl (C=O) groups excluding carboxylic acids is 1. The molecule has 3 heterocycles. The molecule has 0 aromatic carbocycles. The van der Waals surface area contributed by atoms with Gasteiger partial charge in [0.25, 0.3) is 0 Å². The first-order chi connectivity index (χ1) is 13.5. The van der Waals surface area contributed by atoms with E-state index < -0.39 is 11.5 Å². The Morgan fingerprint density at radius 1 is 1.25 bits per heavy atom. The Bertz CT molecular complexity index is 984. The summed E-state index contributed by atoms with van der Waals surface area (Å²) in [5.74, 6) is 0.905. The van der Waals surface area contributed by atoms with Gasteiger partial charge in [-0.15, -0.1) is 0 Å². The molecule has 2 aliphatic rings. The molecule has 9 nitrogen and oxygen atoms in total. The first kappa shape index (κ1) is 17.7. The molecule has 142 valence electrons. The highest BCUT2D eigenvalue weighted by atomic mass is 16.4. The number of hydrogen-bond acceptors (Lipinski definition) is 6. The molecular formula is C19H18N6O3. The van der Waals surface area contributed by atoms with Crippen molar-refractivity contribution in [1.82, 2.24) is 9.97 Å². The van der Waals surface area contributed by atoms with E-state index in [4.69, 9.17) is 5.11 Å². The van der Waals surface area contributed by atoms with Crippen molar-refractivity contribution in [1.29, 1.82) is 5.26 Å². The Morgan fingerprint density at radius 3 is 2.64 bits per heavy atom. The summed E-state index contributed by atoms with van der Waals surface area (Å²) in [7, 11) is 0. The van der Waals surface area contributed by atoms with Crippen molar-refractivity contribution in [3.63, 3.8) is 0 Å². The van der Waals surface area contributed by atoms with Crippen LogP contribution in [0.4, 0.5) is 27.8 Å². The number of carbonyl (C=O) groups is 2. The lowest BCUT2D eigenvalue weighted by molar-refractivity contribution is -0.123. The lowest BCUT2D eigenvalue weighted by atomic mass is 9.83. The van der Waals surface area contributed by atoms with E-state index >= 15 is 0 Å². The van der Waals surface area contributed by atoms with Gasteiger partial charge in [-0.2, -0.15) is 5.26 Å². The number of hydrogen-bond donors (Lipinski definition) is 3. The molecule has 0 bridgehead atoms. The normalized spacial score (nSPS) is 21.2. The molecule has 9 heteroatoms. The van der Waals surface area contributed by atoms with E-state index in [1.165, 1.54) is 18.3 Å². The van der Waals surface area contributed by atoms with Gasteiger partial charge >= 0.3 is 6.09 Å². The number of anilines is 4. The molecule has 1 atom stereocenters. The minimum absolute atomic E-state index is 0.138. The van der Waals surface area contributed by atoms with Crippen LogP contribution < -0.4 is 15.5 Å². The molecule has 4 rings (SSSR count). The highest BCUT2D eigenvalue weighted by Gasteiger charge is 2.56. The molecule has 0 unspecified atom stereocenters. The third kappa shape index (κ3) is 3.20. The van der Waals surface area contributed by atoms with Gasteiger partial charge in [0.1, 0.15) is 17.1 Å². The van der Waals surface area contributed by atoms with E-state index in [9.17, 15) is 14.9 Å². The van der Waals surface area contributed by atoms with Crippen LogP contribution in [0, 0.1) is 22.7 Å². The molecule has 2 amide bonds. The van der Waals surface area contributed by atoms with E-state index in [-0.39, 0.29) is 11.8 Å². The van der Waals surface area contributed by atoms with Crippen LogP contribution in [0.1, 0.15) is 19.3 Å². The quantitative estimate of drug-likeness (QED) is 0.729. The largest absolute Gasteiger partial charge is 0.465 e. The molecule has 0 spiro atoms. The Kier molecular flexibility index (Phi) is 4.31. The molecule has 2 aromatic rings. The van der Waals surface area contributed by atoms with Gasteiger partial charge in [-0.25, -0.2) is 14.8 Å². The summed E-state index contributed by atoms with van der Waals surface area (Å²) in [6, 6.07) is 8.80. The average Bonchev–Trinajstić information content (AvgIpc) is 3.46. The maximum absolute atomic E-state index is 12.9. The summed E-state index contributed by atoms with van der Waals surface area (Å²) in [5.41, 5.74) is 0.147. The van der Waals surface area contributed by atoms with E-state index in [0.29, 0.717) is 36.0 Å². The fraction of sp³-hybridized carbons (Fsp3) is 0.316. The SMILES string of the molecule is N#C[C@@]1(C2CC2)CCN(c2ccnc(Nc3cc(NC(=O)O)ccn3)c2)C1=O. The first-order valence-corrected chi connectivity index (χ1v) is 8.94. The number of aromatic nitrogens is 2. The van der Waals surface area contributed by atoms with Crippen LogP contribution in [0.2, 0.25) is 0 Å². The second-order valence-corrected chi connectivity index (χ2v) is 6.95. The molecule has 2 fully saturated rings. The number of nitriles is 1. The summed E-state index contributed by atoms with van der Waals surface area (Å²) in [4.78, 5) is 33.7. The molecular weight excluding hydrogens is 360 g/mol. The van der Waals surface area contributed by atoms with E-state index in [1.54, 1.807) is 23.2 Å². The highest BCUT2D eigenvalue weighted by Crippen LogP contribution is 2.51. The summed E-state index contributed by atoms with van der Waals surface area (Å²) in [6.07, 6.45) is 4.29. The minimum atomic E-state index is -1.17. The van der Waals surface area contributed by atoms with Crippen molar-refractivity contribution in [2.75, 3.05) is 22.1 Å². The fourth-order valence-electron chi connectivity index (χ4n) is 3.62. The standard InChI is InChI=1S/C19H18N6O3/c20-11-19(12-1-2-12)5-8-25(17(19)26)14-4-7-22-16(10-14)24-15-9-13(3-6-21-15)23-18(27)28/h3-4,6-7,9-10,12H,1-2,5,8H2,(H,27,28)(H2,21,22,23,24)/t19-/m1/s1. The maximum Gasteiger partial charge on any atom is 0.409 e. The van der Waals surface area contributed by atoms with Crippen LogP contribution in [0.5, 0.6) is 0 Å². The summed E-state index contributed by atoms with van der Waals surface area (Å²) >= 11 is 0. The second kappa shape index (κ2) is 6.81. The zero-order valence-electron chi connectivity index (χ0n) is 14.9. The Balaban J connectivity index is 1.54. The Labute approximate surface area is 161 Å². The van der Waals surface area contributed by atoms with Gasteiger partial charge in [-0.3, -0.25) is 10.1 Å². The van der Waals surface area contributed by atoms with Gasteiger partial charge in [0.15, 0.2) is 0 Å². The van der Waals surface area contributed by atoms with Crippen LogP contribution in [-0.4, -0.2) is 33.6 Å². The van der Waals surface area contributed by atoms with Crippen LogP contribution in [0.3, 0.4) is 0 Å². The van der Waals surface area contributed by atoms with E-state index in [2.05, 4.69) is 26.7 Å². The average molecular weight is 378 g/mol. The Morgan fingerprint density at radius 2 is 1.96 bits per heavy atom. The van der Waals surface area contributed by atoms with Crippen molar-refractivity contribution in [3.8, 4) is 6.07 Å². The van der Waals surface area contributed by atoms with Crippen molar-refractivity contribution < 1.29 is 14.7 Å². The number of nitrogens with one attached hydrogen (secondary N) is 2. The van der Waals surface area contributed by atoms with E-state index in [0.717, 1.165) is 12.8 Å².